The van der Waals surface area contributed by atoms with Gasteiger partial charge in [-0.25, -0.2) is 9.97 Å². The summed E-state index contributed by atoms with van der Waals surface area (Å²) in [4.78, 5) is 13.1. The zero-order valence-corrected chi connectivity index (χ0v) is 17.3. The lowest BCUT2D eigenvalue weighted by Crippen LogP contribution is -2.22. The van der Waals surface area contributed by atoms with Gasteiger partial charge in [-0.3, -0.25) is 9.39 Å². The SMILES string of the molecule is C=N/C=C\C=C(/C)c1cn2c(-c3cccc(NC4CCNC4)n3)cnc2cc1OC. The van der Waals surface area contributed by atoms with E-state index in [-0.39, 0.29) is 0 Å². The molecule has 1 unspecified atom stereocenters. The second-order valence-corrected chi connectivity index (χ2v) is 7.24. The van der Waals surface area contributed by atoms with Crippen LogP contribution in [0.4, 0.5) is 5.82 Å². The Bertz CT molecular complexity index is 1110. The Hall–Kier alpha value is -3.45. The average molecular weight is 403 g/mol. The maximum absolute atomic E-state index is 5.60. The summed E-state index contributed by atoms with van der Waals surface area (Å²) < 4.78 is 7.65. The molecule has 0 saturated carbocycles. The van der Waals surface area contributed by atoms with Gasteiger partial charge < -0.3 is 15.4 Å². The number of allylic oxidation sites excluding steroid dienone is 3. The summed E-state index contributed by atoms with van der Waals surface area (Å²) >= 11 is 0. The topological polar surface area (TPSA) is 75.8 Å². The number of pyridine rings is 2. The van der Waals surface area contributed by atoms with Gasteiger partial charge in [0, 0.05) is 36.6 Å². The number of fused-ring (bicyclic) bond motifs is 1. The van der Waals surface area contributed by atoms with Gasteiger partial charge in [0.25, 0.3) is 0 Å². The van der Waals surface area contributed by atoms with E-state index in [9.17, 15) is 0 Å². The number of anilines is 1. The summed E-state index contributed by atoms with van der Waals surface area (Å²) in [6.07, 6.45) is 10.5. The minimum atomic E-state index is 0.414. The molecule has 1 atom stereocenters. The van der Waals surface area contributed by atoms with Crippen LogP contribution in [0.2, 0.25) is 0 Å². The van der Waals surface area contributed by atoms with Crippen LogP contribution in [0.5, 0.6) is 5.75 Å². The minimum absolute atomic E-state index is 0.414. The van der Waals surface area contributed by atoms with Gasteiger partial charge in [-0.1, -0.05) is 12.1 Å². The van der Waals surface area contributed by atoms with Gasteiger partial charge in [0.15, 0.2) is 0 Å². The zero-order valence-electron chi connectivity index (χ0n) is 17.3. The third-order valence-electron chi connectivity index (χ3n) is 5.22. The number of ether oxygens (including phenoxy) is 1. The molecule has 0 bridgehead atoms. The number of hydrogen-bond donors (Lipinski definition) is 2. The molecule has 7 heteroatoms. The highest BCUT2D eigenvalue weighted by Gasteiger charge is 2.16. The molecule has 1 saturated heterocycles. The molecule has 1 fully saturated rings. The van der Waals surface area contributed by atoms with Crippen LogP contribution in [0.15, 0.2) is 60.0 Å². The highest BCUT2D eigenvalue weighted by atomic mass is 16.5. The van der Waals surface area contributed by atoms with Gasteiger partial charge in [0.2, 0.25) is 0 Å². The van der Waals surface area contributed by atoms with Crippen LogP contribution >= 0.6 is 0 Å². The molecule has 3 aromatic rings. The van der Waals surface area contributed by atoms with Crippen molar-refractivity contribution in [3.63, 3.8) is 0 Å². The number of methoxy groups -OCH3 is 1. The number of nitrogens with zero attached hydrogens (tertiary/aromatic N) is 4. The molecule has 3 aromatic heterocycles. The molecule has 1 aliphatic heterocycles. The Labute approximate surface area is 176 Å². The Morgan fingerprint density at radius 3 is 3.10 bits per heavy atom. The Morgan fingerprint density at radius 1 is 1.43 bits per heavy atom. The van der Waals surface area contributed by atoms with Crippen LogP contribution in [-0.4, -0.2) is 47.3 Å². The number of aliphatic imine (C=N–C) groups is 1. The van der Waals surface area contributed by atoms with Crippen molar-refractivity contribution in [3.8, 4) is 17.1 Å². The lowest BCUT2D eigenvalue weighted by molar-refractivity contribution is 0.413. The second-order valence-electron chi connectivity index (χ2n) is 7.24. The number of rotatable bonds is 7. The monoisotopic (exact) mass is 402 g/mol. The van der Waals surface area contributed by atoms with E-state index in [1.165, 1.54) is 0 Å². The quantitative estimate of drug-likeness (QED) is 0.464. The summed E-state index contributed by atoms with van der Waals surface area (Å²) in [5.41, 5.74) is 4.63. The highest BCUT2D eigenvalue weighted by molar-refractivity contribution is 5.73. The minimum Gasteiger partial charge on any atom is -0.496 e. The number of nitrogens with one attached hydrogen (secondary N) is 2. The Morgan fingerprint density at radius 2 is 2.33 bits per heavy atom. The molecule has 154 valence electrons. The normalized spacial score (nSPS) is 17.0. The maximum Gasteiger partial charge on any atom is 0.140 e. The molecule has 7 nitrogen and oxygen atoms in total. The van der Waals surface area contributed by atoms with Crippen molar-refractivity contribution < 1.29 is 4.74 Å². The first-order valence-corrected chi connectivity index (χ1v) is 9.99. The molecule has 0 radical (unpaired) electrons. The van der Waals surface area contributed by atoms with Crippen LogP contribution in [0.1, 0.15) is 18.9 Å². The molecule has 0 spiro atoms. The Kier molecular flexibility index (Phi) is 5.90. The van der Waals surface area contributed by atoms with Crippen LogP contribution in [-0.2, 0) is 0 Å². The van der Waals surface area contributed by atoms with E-state index in [0.717, 1.165) is 59.2 Å². The van der Waals surface area contributed by atoms with E-state index in [1.807, 2.05) is 60.1 Å². The van der Waals surface area contributed by atoms with E-state index in [0.29, 0.717) is 6.04 Å². The van der Waals surface area contributed by atoms with Crippen molar-refractivity contribution in [1.29, 1.82) is 0 Å². The van der Waals surface area contributed by atoms with Gasteiger partial charge in [-0.05, 0) is 50.4 Å². The van der Waals surface area contributed by atoms with E-state index >= 15 is 0 Å². The molecular weight excluding hydrogens is 376 g/mol. The molecular formula is C23H26N6O. The molecule has 0 aliphatic carbocycles. The fourth-order valence-electron chi connectivity index (χ4n) is 3.64. The molecule has 30 heavy (non-hydrogen) atoms. The van der Waals surface area contributed by atoms with Gasteiger partial charge in [0.05, 0.1) is 24.7 Å². The smallest absolute Gasteiger partial charge is 0.140 e. The van der Waals surface area contributed by atoms with Crippen molar-refractivity contribution >= 4 is 23.8 Å². The molecule has 1 aliphatic rings. The van der Waals surface area contributed by atoms with Crippen LogP contribution in [0.25, 0.3) is 22.6 Å². The summed E-state index contributed by atoms with van der Waals surface area (Å²) in [6.45, 7) is 7.50. The van der Waals surface area contributed by atoms with Crippen LogP contribution in [0, 0.1) is 0 Å². The fourth-order valence-corrected chi connectivity index (χ4v) is 3.64. The third kappa shape index (κ3) is 4.11. The summed E-state index contributed by atoms with van der Waals surface area (Å²) in [5, 5.41) is 6.88. The lowest BCUT2D eigenvalue weighted by atomic mass is 10.1. The van der Waals surface area contributed by atoms with Crippen molar-refractivity contribution in [2.24, 2.45) is 4.99 Å². The number of aromatic nitrogens is 3. The Balaban J connectivity index is 1.73. The van der Waals surface area contributed by atoms with E-state index in [2.05, 4.69) is 27.3 Å². The highest BCUT2D eigenvalue weighted by Crippen LogP contribution is 2.30. The van der Waals surface area contributed by atoms with Crippen LogP contribution < -0.4 is 15.4 Å². The molecule has 4 heterocycles. The predicted molar refractivity (Wildman–Crippen MR) is 122 cm³/mol. The van der Waals surface area contributed by atoms with Gasteiger partial charge in [-0.2, -0.15) is 0 Å². The van der Waals surface area contributed by atoms with Crippen molar-refractivity contribution in [2.45, 2.75) is 19.4 Å². The first-order chi connectivity index (χ1) is 14.7. The van der Waals surface area contributed by atoms with Gasteiger partial charge in [0.1, 0.15) is 17.2 Å². The first-order valence-electron chi connectivity index (χ1n) is 9.99. The van der Waals surface area contributed by atoms with Crippen molar-refractivity contribution in [2.75, 3.05) is 25.5 Å². The first kappa shape index (κ1) is 19.8. The van der Waals surface area contributed by atoms with Gasteiger partial charge >= 0.3 is 0 Å². The largest absolute Gasteiger partial charge is 0.496 e. The van der Waals surface area contributed by atoms with E-state index in [1.54, 1.807) is 13.3 Å². The van der Waals surface area contributed by atoms with E-state index in [4.69, 9.17) is 9.72 Å². The van der Waals surface area contributed by atoms with Crippen molar-refractivity contribution in [1.82, 2.24) is 19.7 Å². The molecule has 4 rings (SSSR count). The lowest BCUT2D eigenvalue weighted by Gasteiger charge is -2.13. The van der Waals surface area contributed by atoms with Gasteiger partial charge in [-0.15, -0.1) is 0 Å². The standard InChI is InChI=1S/C23H26N6O/c1-16(6-5-10-24-2)18-15-29-20(14-26-23(29)12-21(18)30-3)19-7-4-8-22(28-19)27-17-9-11-25-13-17/h4-8,10,12,14-15,17,25H,2,9,11,13H2,1,3H3,(H,27,28)/b10-5-,16-6+. The molecule has 0 aromatic carbocycles. The number of imidazole rings is 1. The predicted octanol–water partition coefficient (Wildman–Crippen LogP) is 3.80. The molecule has 0 amide bonds. The summed E-state index contributed by atoms with van der Waals surface area (Å²) in [7, 11) is 1.67. The number of hydrogen-bond acceptors (Lipinski definition) is 6. The summed E-state index contributed by atoms with van der Waals surface area (Å²) in [6, 6.07) is 8.39. The van der Waals surface area contributed by atoms with Crippen LogP contribution in [0.3, 0.4) is 0 Å². The second kappa shape index (κ2) is 8.92. The maximum atomic E-state index is 5.60. The third-order valence-corrected chi connectivity index (χ3v) is 5.22. The zero-order chi connectivity index (χ0) is 20.9. The van der Waals surface area contributed by atoms with Crippen molar-refractivity contribution in [3.05, 3.63) is 60.6 Å². The fraction of sp³-hybridized carbons (Fsp3) is 0.261. The summed E-state index contributed by atoms with van der Waals surface area (Å²) in [5.74, 6) is 1.65. The molecule has 2 N–H and O–H groups in total. The van der Waals surface area contributed by atoms with E-state index < -0.39 is 0 Å². The average Bonchev–Trinajstić information content (AvgIpc) is 3.42.